The number of hydrogen-bond donors (Lipinski definition) is 0. The summed E-state index contributed by atoms with van der Waals surface area (Å²) < 4.78 is 101. The molecule has 0 atom stereocenters. The normalized spacial score (nSPS) is 10.9. The Bertz CT molecular complexity index is 810. The third-order valence-corrected chi connectivity index (χ3v) is 3.96. The molecule has 1 aromatic carbocycles. The van der Waals surface area contributed by atoms with Gasteiger partial charge >= 0.3 is 11.9 Å². The molecule has 0 aliphatic rings. The molecule has 14 heteroatoms. The first-order valence-electron chi connectivity index (χ1n) is 10.7. The van der Waals surface area contributed by atoms with Gasteiger partial charge in [0.25, 0.3) is 0 Å². The molecule has 1 rings (SSSR count). The van der Waals surface area contributed by atoms with Crippen molar-refractivity contribution in [2.45, 2.75) is 6.42 Å². The van der Waals surface area contributed by atoms with Crippen molar-refractivity contribution >= 4 is 11.9 Å². The number of carbonyl (C=O) groups is 2. The minimum absolute atomic E-state index is 0.0751. The number of rotatable bonds is 20. The zero-order valence-corrected chi connectivity index (χ0v) is 19.3. The van der Waals surface area contributed by atoms with Crippen LogP contribution in [0.2, 0.25) is 0 Å². The summed E-state index contributed by atoms with van der Waals surface area (Å²) in [6.45, 7) is 5.58. The molecule has 0 saturated heterocycles. The number of benzene rings is 1. The number of carbonyl (C=O) groups excluding carboxylic acids is 2. The smallest absolute Gasteiger partial charge is 0.330 e. The van der Waals surface area contributed by atoms with Crippen LogP contribution in [-0.2, 0) is 38.0 Å². The molecule has 0 bridgehead atoms. The largest absolute Gasteiger partial charge is 0.460 e. The fraction of sp³-hybridized carbons (Fsp3) is 0.545. The van der Waals surface area contributed by atoms with E-state index in [0.717, 1.165) is 6.08 Å². The summed E-state index contributed by atoms with van der Waals surface area (Å²) in [6.07, 6.45) is 0.575. The molecule has 0 aliphatic heterocycles. The highest BCUT2D eigenvalue weighted by Crippen LogP contribution is 2.29. The highest BCUT2D eigenvalue weighted by Gasteiger charge is 2.28. The van der Waals surface area contributed by atoms with Gasteiger partial charge in [0.15, 0.2) is 0 Å². The fourth-order valence-corrected chi connectivity index (χ4v) is 2.24. The van der Waals surface area contributed by atoms with Crippen LogP contribution in [0.3, 0.4) is 0 Å². The second-order valence-corrected chi connectivity index (χ2v) is 6.56. The molecular formula is C22H27F5O9. The van der Waals surface area contributed by atoms with Gasteiger partial charge in [-0.2, -0.15) is 8.78 Å². The lowest BCUT2D eigenvalue weighted by molar-refractivity contribution is -0.139. The minimum atomic E-state index is -2.35. The molecule has 9 nitrogen and oxygen atoms in total. The quantitative estimate of drug-likeness (QED) is 0.0479. The van der Waals surface area contributed by atoms with E-state index < -0.39 is 53.2 Å². The number of esters is 2. The molecule has 0 aromatic heterocycles. The first-order valence-corrected chi connectivity index (χ1v) is 10.7. The highest BCUT2D eigenvalue weighted by molar-refractivity contribution is 5.81. The van der Waals surface area contributed by atoms with E-state index >= 15 is 0 Å². The van der Waals surface area contributed by atoms with E-state index in [9.17, 15) is 31.5 Å². The Morgan fingerprint density at radius 3 is 1.36 bits per heavy atom. The van der Waals surface area contributed by atoms with Crippen LogP contribution in [-0.4, -0.2) is 84.6 Å². The lowest BCUT2D eigenvalue weighted by Gasteiger charge is -2.09. The zero-order valence-electron chi connectivity index (χ0n) is 19.3. The minimum Gasteiger partial charge on any atom is -0.460 e. The van der Waals surface area contributed by atoms with Crippen LogP contribution in [0.15, 0.2) is 12.7 Å². The Balaban J connectivity index is 1.94. The molecule has 0 aliphatic carbocycles. The molecule has 0 fully saturated rings. The van der Waals surface area contributed by atoms with E-state index in [2.05, 4.69) is 11.3 Å². The summed E-state index contributed by atoms with van der Waals surface area (Å²) in [5.74, 6) is -14.7. The molecule has 1 aromatic rings. The molecule has 0 heterocycles. The average molecular weight is 530 g/mol. The first-order chi connectivity index (χ1) is 17.3. The molecule has 204 valence electrons. The van der Waals surface area contributed by atoms with Crippen molar-refractivity contribution in [3.63, 3.8) is 0 Å². The van der Waals surface area contributed by atoms with Crippen molar-refractivity contribution in [2.75, 3.05) is 72.7 Å². The second-order valence-electron chi connectivity index (χ2n) is 6.56. The highest BCUT2D eigenvalue weighted by atomic mass is 19.2. The van der Waals surface area contributed by atoms with Gasteiger partial charge in [-0.15, -0.1) is 0 Å². The Labute approximate surface area is 204 Å². The third kappa shape index (κ3) is 12.4. The standard InChI is InChI=1S/C22H27F5O9/c1-2-15(28)35-14-13-34-12-11-33-10-9-32-8-7-31-6-5-30-4-3-16(29)36-22-20(26)18(24)17(23)19(25)21(22)27/h2H,1,3-14H2. The van der Waals surface area contributed by atoms with Gasteiger partial charge in [0.1, 0.15) is 6.61 Å². The van der Waals surface area contributed by atoms with Crippen LogP contribution in [0, 0.1) is 29.1 Å². The molecule has 36 heavy (non-hydrogen) atoms. The number of ether oxygens (including phenoxy) is 7. The number of halogens is 5. The van der Waals surface area contributed by atoms with E-state index in [1.54, 1.807) is 0 Å². The predicted octanol–water partition coefficient (Wildman–Crippen LogP) is 2.49. The van der Waals surface area contributed by atoms with Gasteiger partial charge in [0.2, 0.25) is 34.8 Å². The summed E-state index contributed by atoms with van der Waals surface area (Å²) in [6, 6.07) is 0. The molecule has 0 N–H and O–H groups in total. The Kier molecular flexibility index (Phi) is 16.2. The van der Waals surface area contributed by atoms with Crippen LogP contribution >= 0.6 is 0 Å². The Morgan fingerprint density at radius 1 is 0.583 bits per heavy atom. The van der Waals surface area contributed by atoms with Gasteiger partial charge in [-0.25, -0.2) is 18.0 Å². The average Bonchev–Trinajstić information content (AvgIpc) is 2.87. The second kappa shape index (κ2) is 18.6. The molecule has 0 radical (unpaired) electrons. The monoisotopic (exact) mass is 530 g/mol. The number of hydrogen-bond acceptors (Lipinski definition) is 9. The van der Waals surface area contributed by atoms with E-state index in [1.807, 2.05) is 0 Å². The van der Waals surface area contributed by atoms with E-state index in [1.165, 1.54) is 0 Å². The first kappa shape index (κ1) is 31.4. The van der Waals surface area contributed by atoms with Crippen LogP contribution in [0.4, 0.5) is 22.0 Å². The maximum Gasteiger partial charge on any atom is 0.330 e. The van der Waals surface area contributed by atoms with Crippen molar-refractivity contribution in [3.8, 4) is 5.75 Å². The van der Waals surface area contributed by atoms with E-state index in [-0.39, 0.29) is 39.6 Å². The van der Waals surface area contributed by atoms with Crippen LogP contribution in [0.25, 0.3) is 0 Å². The van der Waals surface area contributed by atoms with Crippen LogP contribution in [0.1, 0.15) is 6.42 Å². The summed E-state index contributed by atoms with van der Waals surface area (Å²) in [5.41, 5.74) is 0. The molecule has 0 saturated carbocycles. The van der Waals surface area contributed by atoms with Gasteiger partial charge in [0, 0.05) is 6.08 Å². The zero-order chi connectivity index (χ0) is 26.8. The maximum atomic E-state index is 13.5. The summed E-state index contributed by atoms with van der Waals surface area (Å²) in [5, 5.41) is 0. The molecular weight excluding hydrogens is 503 g/mol. The van der Waals surface area contributed by atoms with Gasteiger partial charge < -0.3 is 33.2 Å². The van der Waals surface area contributed by atoms with Crippen LogP contribution < -0.4 is 4.74 Å². The third-order valence-electron chi connectivity index (χ3n) is 3.96. The van der Waals surface area contributed by atoms with Gasteiger partial charge in [-0.1, -0.05) is 6.58 Å². The van der Waals surface area contributed by atoms with Gasteiger partial charge in [-0.05, 0) is 0 Å². The van der Waals surface area contributed by atoms with Crippen molar-refractivity contribution in [1.29, 1.82) is 0 Å². The maximum absolute atomic E-state index is 13.5. The lowest BCUT2D eigenvalue weighted by Crippen LogP contribution is -2.16. The topological polar surface area (TPSA) is 98.8 Å². The SMILES string of the molecule is C=CC(=O)OCCOCCOCCOCCOCCOCCC(=O)Oc1c(F)c(F)c(F)c(F)c1F. The van der Waals surface area contributed by atoms with Gasteiger partial charge in [0.05, 0.1) is 72.5 Å². The predicted molar refractivity (Wildman–Crippen MR) is 112 cm³/mol. The Morgan fingerprint density at radius 2 is 0.944 bits per heavy atom. The van der Waals surface area contributed by atoms with Gasteiger partial charge in [-0.3, -0.25) is 4.79 Å². The lowest BCUT2D eigenvalue weighted by atomic mass is 10.2. The summed E-state index contributed by atoms with van der Waals surface area (Å²) >= 11 is 0. The van der Waals surface area contributed by atoms with Crippen molar-refractivity contribution < 1.29 is 64.7 Å². The van der Waals surface area contributed by atoms with E-state index in [4.69, 9.17) is 28.4 Å². The van der Waals surface area contributed by atoms with Crippen molar-refractivity contribution in [1.82, 2.24) is 0 Å². The fourth-order valence-electron chi connectivity index (χ4n) is 2.24. The Hall–Kier alpha value is -2.65. The molecule has 0 amide bonds. The van der Waals surface area contributed by atoms with Crippen molar-refractivity contribution in [2.24, 2.45) is 0 Å². The molecule has 0 spiro atoms. The van der Waals surface area contributed by atoms with Crippen LogP contribution in [0.5, 0.6) is 5.75 Å². The summed E-state index contributed by atoms with van der Waals surface area (Å²) in [7, 11) is 0. The van der Waals surface area contributed by atoms with Crippen molar-refractivity contribution in [3.05, 3.63) is 41.7 Å². The van der Waals surface area contributed by atoms with E-state index in [0.29, 0.717) is 33.0 Å². The molecule has 0 unspecified atom stereocenters. The summed E-state index contributed by atoms with van der Waals surface area (Å²) in [4.78, 5) is 22.3.